The van der Waals surface area contributed by atoms with E-state index in [1.165, 1.54) is 0 Å². The van der Waals surface area contributed by atoms with E-state index in [1.54, 1.807) is 24.3 Å². The Morgan fingerprint density at radius 1 is 1.16 bits per heavy atom. The van der Waals surface area contributed by atoms with E-state index < -0.39 is 0 Å². The molecule has 1 aliphatic heterocycles. The van der Waals surface area contributed by atoms with Crippen LogP contribution in [-0.4, -0.2) is 59.5 Å². The van der Waals surface area contributed by atoms with E-state index in [0.717, 1.165) is 26.2 Å². The molecule has 19 heavy (non-hydrogen) atoms. The van der Waals surface area contributed by atoms with Crippen LogP contribution in [-0.2, 0) is 0 Å². The van der Waals surface area contributed by atoms with Crippen LogP contribution in [0.4, 0.5) is 0 Å². The molecule has 0 aromatic heterocycles. The third-order valence-corrected chi connectivity index (χ3v) is 3.69. The fourth-order valence-electron chi connectivity index (χ4n) is 2.38. The second kappa shape index (κ2) is 6.17. The van der Waals surface area contributed by atoms with Crippen LogP contribution in [0, 0.1) is 0 Å². The number of piperazine rings is 1. The normalized spacial score (nSPS) is 17.8. The first-order valence-electron chi connectivity index (χ1n) is 6.85. The Balaban J connectivity index is 1.85. The predicted octanol–water partition coefficient (Wildman–Crippen LogP) is 1.60. The van der Waals surface area contributed by atoms with Crippen molar-refractivity contribution in [2.24, 2.45) is 0 Å². The van der Waals surface area contributed by atoms with E-state index in [1.807, 2.05) is 0 Å². The highest BCUT2D eigenvalue weighted by Gasteiger charge is 2.20. The summed E-state index contributed by atoms with van der Waals surface area (Å²) in [5.41, 5.74) is 0.670. The minimum Gasteiger partial charge on any atom is -0.508 e. The highest BCUT2D eigenvalue weighted by molar-refractivity contribution is 5.97. The fourth-order valence-corrected chi connectivity index (χ4v) is 2.38. The molecule has 4 nitrogen and oxygen atoms in total. The highest BCUT2D eigenvalue weighted by Crippen LogP contribution is 2.12. The molecule has 0 spiro atoms. The number of ketones is 1. The van der Waals surface area contributed by atoms with Crippen LogP contribution in [0.2, 0.25) is 0 Å². The topological polar surface area (TPSA) is 43.8 Å². The molecule has 1 aromatic rings. The van der Waals surface area contributed by atoms with Crippen molar-refractivity contribution in [3.05, 3.63) is 29.8 Å². The molecule has 0 aliphatic carbocycles. The SMILES string of the molecule is CC(C)N1CCN(CC(=O)c2ccc(O)cc2)CC1. The van der Waals surface area contributed by atoms with Gasteiger partial charge in [-0.25, -0.2) is 0 Å². The van der Waals surface area contributed by atoms with E-state index in [2.05, 4.69) is 23.6 Å². The number of carbonyl (C=O) groups is 1. The molecule has 1 fully saturated rings. The standard InChI is InChI=1S/C15H22N2O2/c1-12(2)17-9-7-16(8-10-17)11-15(19)13-3-5-14(18)6-4-13/h3-6,12,18H,7-11H2,1-2H3. The minimum absolute atomic E-state index is 0.123. The maximum atomic E-state index is 12.1. The number of phenols is 1. The van der Waals surface area contributed by atoms with Gasteiger partial charge in [-0.15, -0.1) is 0 Å². The van der Waals surface area contributed by atoms with Gasteiger partial charge in [0.15, 0.2) is 5.78 Å². The van der Waals surface area contributed by atoms with Crippen molar-refractivity contribution in [1.82, 2.24) is 9.80 Å². The van der Waals surface area contributed by atoms with Crippen molar-refractivity contribution in [2.45, 2.75) is 19.9 Å². The lowest BCUT2D eigenvalue weighted by Gasteiger charge is -2.36. The molecule has 0 radical (unpaired) electrons. The number of aromatic hydroxyl groups is 1. The highest BCUT2D eigenvalue weighted by atomic mass is 16.3. The Kier molecular flexibility index (Phi) is 4.56. The zero-order valence-electron chi connectivity index (χ0n) is 11.7. The Hall–Kier alpha value is -1.39. The molecule has 0 atom stereocenters. The molecule has 0 saturated carbocycles. The van der Waals surface area contributed by atoms with Crippen molar-refractivity contribution in [3.63, 3.8) is 0 Å². The lowest BCUT2D eigenvalue weighted by Crippen LogP contribution is -2.50. The van der Waals surface area contributed by atoms with Gasteiger partial charge in [-0.05, 0) is 38.1 Å². The fraction of sp³-hybridized carbons (Fsp3) is 0.533. The number of carbonyl (C=O) groups excluding carboxylic acids is 1. The van der Waals surface area contributed by atoms with Gasteiger partial charge in [0, 0.05) is 37.8 Å². The Bertz CT molecular complexity index is 420. The number of rotatable bonds is 4. The molecule has 0 amide bonds. The summed E-state index contributed by atoms with van der Waals surface area (Å²) in [7, 11) is 0. The van der Waals surface area contributed by atoms with Gasteiger partial charge in [0.05, 0.1) is 6.54 Å². The maximum absolute atomic E-state index is 12.1. The lowest BCUT2D eigenvalue weighted by molar-refractivity contribution is 0.0807. The second-order valence-electron chi connectivity index (χ2n) is 5.38. The third-order valence-electron chi connectivity index (χ3n) is 3.69. The average molecular weight is 262 g/mol. The summed E-state index contributed by atoms with van der Waals surface area (Å²) >= 11 is 0. The molecular formula is C15H22N2O2. The van der Waals surface area contributed by atoms with Gasteiger partial charge in [0.25, 0.3) is 0 Å². The van der Waals surface area contributed by atoms with Crippen molar-refractivity contribution in [3.8, 4) is 5.75 Å². The molecule has 4 heteroatoms. The number of Topliss-reactive ketones (excluding diaryl/α,β-unsaturated/α-hetero) is 1. The molecule has 2 rings (SSSR count). The largest absolute Gasteiger partial charge is 0.508 e. The number of phenolic OH excluding ortho intramolecular Hbond substituents is 1. The van der Waals surface area contributed by atoms with E-state index in [-0.39, 0.29) is 11.5 Å². The number of hydrogen-bond acceptors (Lipinski definition) is 4. The molecular weight excluding hydrogens is 240 g/mol. The third kappa shape index (κ3) is 3.78. The molecule has 1 N–H and O–H groups in total. The van der Waals surface area contributed by atoms with Crippen LogP contribution in [0.25, 0.3) is 0 Å². The zero-order chi connectivity index (χ0) is 13.8. The zero-order valence-corrected chi connectivity index (χ0v) is 11.7. The number of benzene rings is 1. The summed E-state index contributed by atoms with van der Waals surface area (Å²) in [6.45, 7) is 8.83. The molecule has 0 unspecified atom stereocenters. The second-order valence-corrected chi connectivity index (χ2v) is 5.38. The van der Waals surface area contributed by atoms with Crippen LogP contribution < -0.4 is 0 Å². The first-order chi connectivity index (χ1) is 9.06. The van der Waals surface area contributed by atoms with Crippen molar-refractivity contribution < 1.29 is 9.90 Å². The summed E-state index contributed by atoms with van der Waals surface area (Å²) < 4.78 is 0. The van der Waals surface area contributed by atoms with Crippen molar-refractivity contribution in [1.29, 1.82) is 0 Å². The van der Waals surface area contributed by atoms with E-state index in [4.69, 9.17) is 0 Å². The average Bonchev–Trinajstić information content (AvgIpc) is 2.40. The molecule has 0 bridgehead atoms. The molecule has 1 saturated heterocycles. The Morgan fingerprint density at radius 2 is 1.74 bits per heavy atom. The maximum Gasteiger partial charge on any atom is 0.176 e. The minimum atomic E-state index is 0.123. The van der Waals surface area contributed by atoms with Gasteiger partial charge >= 0.3 is 0 Å². The van der Waals surface area contributed by atoms with Crippen LogP contribution in [0.1, 0.15) is 24.2 Å². The van der Waals surface area contributed by atoms with Gasteiger partial charge < -0.3 is 5.11 Å². The first-order valence-corrected chi connectivity index (χ1v) is 6.85. The van der Waals surface area contributed by atoms with Crippen LogP contribution in [0.5, 0.6) is 5.75 Å². The smallest absolute Gasteiger partial charge is 0.176 e. The van der Waals surface area contributed by atoms with Gasteiger partial charge in [-0.2, -0.15) is 0 Å². The van der Waals surface area contributed by atoms with Gasteiger partial charge in [-0.1, -0.05) is 0 Å². The Morgan fingerprint density at radius 3 is 2.26 bits per heavy atom. The Labute approximate surface area is 114 Å². The van der Waals surface area contributed by atoms with Gasteiger partial charge in [-0.3, -0.25) is 14.6 Å². The molecule has 104 valence electrons. The van der Waals surface area contributed by atoms with E-state index in [9.17, 15) is 9.90 Å². The summed E-state index contributed by atoms with van der Waals surface area (Å²) in [5, 5.41) is 9.21. The van der Waals surface area contributed by atoms with Crippen LogP contribution in [0.3, 0.4) is 0 Å². The van der Waals surface area contributed by atoms with Gasteiger partial charge in [0.2, 0.25) is 0 Å². The van der Waals surface area contributed by atoms with Crippen molar-refractivity contribution >= 4 is 5.78 Å². The number of hydrogen-bond donors (Lipinski definition) is 1. The van der Waals surface area contributed by atoms with E-state index in [0.29, 0.717) is 18.2 Å². The quantitative estimate of drug-likeness (QED) is 0.837. The number of nitrogens with zero attached hydrogens (tertiary/aromatic N) is 2. The first kappa shape index (κ1) is 14.0. The molecule has 1 aromatic carbocycles. The summed E-state index contributed by atoms with van der Waals surface area (Å²) in [6.07, 6.45) is 0. The van der Waals surface area contributed by atoms with Crippen molar-refractivity contribution in [2.75, 3.05) is 32.7 Å². The summed E-state index contributed by atoms with van der Waals surface area (Å²) in [4.78, 5) is 16.7. The molecule has 1 heterocycles. The predicted molar refractivity (Wildman–Crippen MR) is 75.6 cm³/mol. The lowest BCUT2D eigenvalue weighted by atomic mass is 10.1. The van der Waals surface area contributed by atoms with Crippen LogP contribution >= 0.6 is 0 Å². The van der Waals surface area contributed by atoms with E-state index >= 15 is 0 Å². The van der Waals surface area contributed by atoms with Gasteiger partial charge in [0.1, 0.15) is 5.75 Å². The molecule has 1 aliphatic rings. The summed E-state index contributed by atoms with van der Waals surface area (Å²) in [5.74, 6) is 0.320. The summed E-state index contributed by atoms with van der Waals surface area (Å²) in [6, 6.07) is 7.06. The monoisotopic (exact) mass is 262 g/mol. The van der Waals surface area contributed by atoms with Crippen LogP contribution in [0.15, 0.2) is 24.3 Å².